The maximum atomic E-state index is 12.7. The molecule has 1 aliphatic rings. The molecule has 0 saturated carbocycles. The number of amides is 2. The predicted octanol–water partition coefficient (Wildman–Crippen LogP) is 1.05. The molecule has 1 aliphatic heterocycles. The topological polar surface area (TPSA) is 70.2 Å². The van der Waals surface area contributed by atoms with Crippen molar-refractivity contribution in [2.24, 2.45) is 0 Å². The molecule has 1 heterocycles. The van der Waals surface area contributed by atoms with E-state index in [9.17, 15) is 14.0 Å². The summed E-state index contributed by atoms with van der Waals surface area (Å²) in [6.45, 7) is 0.744. The van der Waals surface area contributed by atoms with Crippen LogP contribution in [0.4, 0.5) is 10.1 Å². The van der Waals surface area contributed by atoms with Crippen LogP contribution in [0.15, 0.2) is 24.3 Å². The summed E-state index contributed by atoms with van der Waals surface area (Å²) < 4.78 is 12.7. The molecule has 0 radical (unpaired) electrons. The molecule has 110 valence electrons. The number of benzene rings is 1. The summed E-state index contributed by atoms with van der Waals surface area (Å²) in [4.78, 5) is 23.2. The van der Waals surface area contributed by atoms with Crippen LogP contribution in [0.1, 0.15) is 12.8 Å². The molecule has 1 aromatic carbocycles. The molecular weight excluding hydrogens is 285 g/mol. The smallest absolute Gasteiger partial charge is 0.243 e. The van der Waals surface area contributed by atoms with Gasteiger partial charge in [-0.15, -0.1) is 12.4 Å². The second kappa shape index (κ2) is 7.81. The molecule has 20 heavy (non-hydrogen) atoms. The molecule has 5 nitrogen and oxygen atoms in total. The third kappa shape index (κ3) is 4.79. The first-order valence-corrected chi connectivity index (χ1v) is 6.21. The molecule has 1 atom stereocenters. The van der Waals surface area contributed by atoms with E-state index in [0.717, 1.165) is 19.4 Å². The zero-order valence-electron chi connectivity index (χ0n) is 10.8. The minimum atomic E-state index is -0.362. The Balaban J connectivity index is 0.00000200. The van der Waals surface area contributed by atoms with Crippen LogP contribution in [-0.2, 0) is 9.59 Å². The first-order valence-electron chi connectivity index (χ1n) is 6.21. The number of anilines is 1. The van der Waals surface area contributed by atoms with Crippen molar-refractivity contribution in [1.82, 2.24) is 10.6 Å². The Morgan fingerprint density at radius 2 is 2.00 bits per heavy atom. The van der Waals surface area contributed by atoms with Gasteiger partial charge in [-0.1, -0.05) is 0 Å². The van der Waals surface area contributed by atoms with Crippen LogP contribution in [0, 0.1) is 5.82 Å². The molecule has 0 spiro atoms. The van der Waals surface area contributed by atoms with Crippen LogP contribution in [0.2, 0.25) is 0 Å². The van der Waals surface area contributed by atoms with Crippen LogP contribution in [0.25, 0.3) is 0 Å². The summed E-state index contributed by atoms with van der Waals surface area (Å²) in [5.74, 6) is -0.858. The third-order valence-electron chi connectivity index (χ3n) is 2.93. The van der Waals surface area contributed by atoms with E-state index in [-0.39, 0.29) is 42.6 Å². The van der Waals surface area contributed by atoms with Gasteiger partial charge in [0.15, 0.2) is 0 Å². The zero-order valence-corrected chi connectivity index (χ0v) is 11.6. The quantitative estimate of drug-likeness (QED) is 0.779. The van der Waals surface area contributed by atoms with Crippen molar-refractivity contribution in [3.05, 3.63) is 30.1 Å². The average Bonchev–Trinajstić information content (AvgIpc) is 2.93. The lowest BCUT2D eigenvalue weighted by Gasteiger charge is -2.11. The highest BCUT2D eigenvalue weighted by Gasteiger charge is 2.21. The molecule has 2 rings (SSSR count). The molecule has 0 aromatic heterocycles. The van der Waals surface area contributed by atoms with E-state index in [4.69, 9.17) is 0 Å². The number of hydrogen-bond donors (Lipinski definition) is 3. The average molecular weight is 302 g/mol. The molecule has 0 bridgehead atoms. The van der Waals surface area contributed by atoms with E-state index in [1.165, 1.54) is 24.3 Å². The van der Waals surface area contributed by atoms with E-state index in [1.54, 1.807) is 0 Å². The lowest BCUT2D eigenvalue weighted by atomic mass is 10.2. The number of carbonyl (C=O) groups is 2. The summed E-state index contributed by atoms with van der Waals surface area (Å²) in [5, 5.41) is 8.19. The second-order valence-electron chi connectivity index (χ2n) is 4.42. The minimum Gasteiger partial charge on any atom is -0.346 e. The SMILES string of the molecule is Cl.O=C(CNC(=O)C1CCCN1)Nc1ccc(F)cc1. The van der Waals surface area contributed by atoms with Crippen LogP contribution in [0.5, 0.6) is 0 Å². The van der Waals surface area contributed by atoms with Gasteiger partial charge in [-0.05, 0) is 43.7 Å². The maximum Gasteiger partial charge on any atom is 0.243 e. The van der Waals surface area contributed by atoms with Crippen molar-refractivity contribution in [3.8, 4) is 0 Å². The van der Waals surface area contributed by atoms with Crippen molar-refractivity contribution in [3.63, 3.8) is 0 Å². The lowest BCUT2D eigenvalue weighted by Crippen LogP contribution is -2.43. The Bertz CT molecular complexity index is 461. The molecule has 0 aliphatic carbocycles. The van der Waals surface area contributed by atoms with Crippen molar-refractivity contribution in [2.45, 2.75) is 18.9 Å². The Morgan fingerprint density at radius 1 is 1.30 bits per heavy atom. The van der Waals surface area contributed by atoms with E-state index < -0.39 is 0 Å². The first-order chi connectivity index (χ1) is 9.15. The van der Waals surface area contributed by atoms with Crippen LogP contribution in [0.3, 0.4) is 0 Å². The van der Waals surface area contributed by atoms with E-state index >= 15 is 0 Å². The third-order valence-corrected chi connectivity index (χ3v) is 2.93. The zero-order chi connectivity index (χ0) is 13.7. The fourth-order valence-corrected chi connectivity index (χ4v) is 1.94. The van der Waals surface area contributed by atoms with Gasteiger partial charge in [0.2, 0.25) is 11.8 Å². The predicted molar refractivity (Wildman–Crippen MR) is 76.3 cm³/mol. The standard InChI is InChI=1S/C13H16FN3O2.ClH/c14-9-3-5-10(6-4-9)17-12(18)8-16-13(19)11-2-1-7-15-11;/h3-6,11,15H,1-2,7-8H2,(H,16,19)(H,17,18);1H. The van der Waals surface area contributed by atoms with Gasteiger partial charge >= 0.3 is 0 Å². The normalized spacial score (nSPS) is 17.1. The largest absolute Gasteiger partial charge is 0.346 e. The summed E-state index contributed by atoms with van der Waals surface area (Å²) in [7, 11) is 0. The highest BCUT2D eigenvalue weighted by atomic mass is 35.5. The second-order valence-corrected chi connectivity index (χ2v) is 4.42. The number of carbonyl (C=O) groups excluding carboxylic acids is 2. The highest BCUT2D eigenvalue weighted by Crippen LogP contribution is 2.08. The molecule has 1 fully saturated rings. The molecule has 1 unspecified atom stereocenters. The lowest BCUT2D eigenvalue weighted by molar-refractivity contribution is -0.125. The Kier molecular flexibility index (Phi) is 6.41. The van der Waals surface area contributed by atoms with Crippen molar-refractivity contribution < 1.29 is 14.0 Å². The number of nitrogens with one attached hydrogen (secondary N) is 3. The van der Waals surface area contributed by atoms with Crippen molar-refractivity contribution in [1.29, 1.82) is 0 Å². The van der Waals surface area contributed by atoms with Gasteiger partial charge in [-0.2, -0.15) is 0 Å². The molecule has 3 N–H and O–H groups in total. The Labute approximate surface area is 122 Å². The fraction of sp³-hybridized carbons (Fsp3) is 0.385. The molecule has 7 heteroatoms. The minimum absolute atomic E-state index is 0. The van der Waals surface area contributed by atoms with Crippen LogP contribution in [-0.4, -0.2) is 30.9 Å². The van der Waals surface area contributed by atoms with E-state index in [0.29, 0.717) is 5.69 Å². The van der Waals surface area contributed by atoms with Crippen molar-refractivity contribution >= 4 is 29.9 Å². The number of halogens is 2. The van der Waals surface area contributed by atoms with Gasteiger partial charge in [-0.25, -0.2) is 4.39 Å². The molecular formula is C13H17ClFN3O2. The summed E-state index contributed by atoms with van der Waals surface area (Å²) >= 11 is 0. The van der Waals surface area contributed by atoms with Gasteiger partial charge in [0.1, 0.15) is 5.82 Å². The van der Waals surface area contributed by atoms with Crippen LogP contribution < -0.4 is 16.0 Å². The molecule has 1 aromatic rings. The van der Waals surface area contributed by atoms with Crippen molar-refractivity contribution in [2.75, 3.05) is 18.4 Å². The maximum absolute atomic E-state index is 12.7. The first kappa shape index (κ1) is 16.4. The monoisotopic (exact) mass is 301 g/mol. The Morgan fingerprint density at radius 3 is 2.60 bits per heavy atom. The van der Waals surface area contributed by atoms with E-state index in [2.05, 4.69) is 16.0 Å². The molecule has 1 saturated heterocycles. The number of hydrogen-bond acceptors (Lipinski definition) is 3. The van der Waals surface area contributed by atoms with E-state index in [1.807, 2.05) is 0 Å². The van der Waals surface area contributed by atoms with Gasteiger partial charge in [0.25, 0.3) is 0 Å². The Hall–Kier alpha value is -1.66. The van der Waals surface area contributed by atoms with Gasteiger partial charge in [0, 0.05) is 5.69 Å². The molecule has 2 amide bonds. The highest BCUT2D eigenvalue weighted by molar-refractivity contribution is 5.95. The fourth-order valence-electron chi connectivity index (χ4n) is 1.94. The summed E-state index contributed by atoms with van der Waals surface area (Å²) in [6, 6.07) is 5.26. The number of rotatable bonds is 4. The summed E-state index contributed by atoms with van der Waals surface area (Å²) in [5.41, 5.74) is 0.500. The van der Waals surface area contributed by atoms with Gasteiger partial charge in [-0.3, -0.25) is 9.59 Å². The van der Waals surface area contributed by atoms with Gasteiger partial charge < -0.3 is 16.0 Å². The summed E-state index contributed by atoms with van der Waals surface area (Å²) in [6.07, 6.45) is 1.77. The van der Waals surface area contributed by atoms with Gasteiger partial charge in [0.05, 0.1) is 12.6 Å². The van der Waals surface area contributed by atoms with Crippen LogP contribution >= 0.6 is 12.4 Å².